The monoisotopic (exact) mass is 426 g/mol. The smallest absolute Gasteiger partial charge is 0.262 e. The highest BCUT2D eigenvalue weighted by Crippen LogP contribution is 2.28. The van der Waals surface area contributed by atoms with Gasteiger partial charge in [0.05, 0.1) is 11.1 Å². The van der Waals surface area contributed by atoms with Gasteiger partial charge >= 0.3 is 0 Å². The van der Waals surface area contributed by atoms with Crippen LogP contribution in [0.15, 0.2) is 18.2 Å². The van der Waals surface area contributed by atoms with Gasteiger partial charge in [-0.1, -0.05) is 31.7 Å². The Labute approximate surface area is 182 Å². The van der Waals surface area contributed by atoms with E-state index < -0.39 is 23.8 Å². The van der Waals surface area contributed by atoms with Gasteiger partial charge in [-0.15, -0.1) is 0 Å². The maximum atomic E-state index is 12.9. The predicted molar refractivity (Wildman–Crippen MR) is 114 cm³/mol. The van der Waals surface area contributed by atoms with Crippen LogP contribution in [0.5, 0.6) is 0 Å². The third-order valence-electron chi connectivity index (χ3n) is 6.42. The van der Waals surface area contributed by atoms with Gasteiger partial charge in [-0.25, -0.2) is 0 Å². The molecule has 0 aromatic heterocycles. The van der Waals surface area contributed by atoms with Crippen molar-refractivity contribution in [3.05, 3.63) is 34.9 Å². The summed E-state index contributed by atoms with van der Waals surface area (Å²) in [5.41, 5.74) is 1.55. The Morgan fingerprint density at radius 1 is 0.903 bits per heavy atom. The summed E-state index contributed by atoms with van der Waals surface area (Å²) >= 11 is 0. The molecule has 31 heavy (non-hydrogen) atoms. The van der Waals surface area contributed by atoms with E-state index in [9.17, 15) is 19.2 Å². The molecule has 1 unspecified atom stereocenters. The van der Waals surface area contributed by atoms with Crippen molar-refractivity contribution in [1.82, 2.24) is 20.9 Å². The number of nitrogens with one attached hydrogen (secondary N) is 3. The lowest BCUT2D eigenvalue weighted by Gasteiger charge is -2.27. The van der Waals surface area contributed by atoms with E-state index in [1.165, 1.54) is 38.5 Å². The van der Waals surface area contributed by atoms with Gasteiger partial charge in [-0.3, -0.25) is 29.4 Å². The topological polar surface area (TPSA) is 108 Å². The molecule has 4 rings (SSSR count). The van der Waals surface area contributed by atoms with Crippen LogP contribution in [-0.4, -0.2) is 53.7 Å². The maximum Gasteiger partial charge on any atom is 0.262 e. The lowest BCUT2D eigenvalue weighted by molar-refractivity contribution is -0.136. The van der Waals surface area contributed by atoms with Crippen molar-refractivity contribution in [2.45, 2.75) is 70.0 Å². The van der Waals surface area contributed by atoms with Crippen molar-refractivity contribution in [2.24, 2.45) is 0 Å². The van der Waals surface area contributed by atoms with Crippen molar-refractivity contribution >= 4 is 23.6 Å². The van der Waals surface area contributed by atoms with Crippen LogP contribution >= 0.6 is 0 Å². The third-order valence-corrected chi connectivity index (χ3v) is 6.42. The van der Waals surface area contributed by atoms with E-state index in [-0.39, 0.29) is 18.7 Å². The van der Waals surface area contributed by atoms with E-state index in [1.54, 1.807) is 12.1 Å². The minimum Gasteiger partial charge on any atom is -0.313 e. The highest BCUT2D eigenvalue weighted by molar-refractivity contribution is 6.23. The largest absolute Gasteiger partial charge is 0.313 e. The first kappa shape index (κ1) is 21.6. The Balaban J connectivity index is 1.31. The van der Waals surface area contributed by atoms with E-state index in [2.05, 4.69) is 16.0 Å². The first-order valence-corrected chi connectivity index (χ1v) is 11.3. The Morgan fingerprint density at radius 3 is 2.39 bits per heavy atom. The van der Waals surface area contributed by atoms with Gasteiger partial charge in [0.15, 0.2) is 0 Å². The van der Waals surface area contributed by atoms with Crippen LogP contribution in [0.2, 0.25) is 0 Å². The molecule has 4 amide bonds. The molecule has 1 atom stereocenters. The van der Waals surface area contributed by atoms with Crippen LogP contribution < -0.4 is 16.0 Å². The van der Waals surface area contributed by atoms with Gasteiger partial charge in [0, 0.05) is 32.1 Å². The Hall–Kier alpha value is -2.58. The molecule has 0 bridgehead atoms. The van der Waals surface area contributed by atoms with Crippen molar-refractivity contribution in [1.29, 1.82) is 0 Å². The lowest BCUT2D eigenvalue weighted by atomic mass is 10.0. The molecule has 1 aromatic carbocycles. The molecule has 8 heteroatoms. The van der Waals surface area contributed by atoms with E-state index in [0.717, 1.165) is 23.6 Å². The number of carbonyl (C=O) groups excluding carboxylic acids is 4. The number of benzene rings is 1. The molecule has 1 aliphatic carbocycles. The molecule has 2 fully saturated rings. The molecule has 1 saturated heterocycles. The second-order valence-corrected chi connectivity index (χ2v) is 8.65. The van der Waals surface area contributed by atoms with Crippen LogP contribution in [0, 0.1) is 0 Å². The number of nitrogens with zero attached hydrogens (tertiary/aromatic N) is 1. The average molecular weight is 427 g/mol. The normalized spacial score (nSPS) is 22.5. The van der Waals surface area contributed by atoms with Crippen LogP contribution in [0.25, 0.3) is 0 Å². The number of hydrogen-bond acceptors (Lipinski definition) is 6. The maximum absolute atomic E-state index is 12.9. The van der Waals surface area contributed by atoms with Crippen LogP contribution in [0.3, 0.4) is 0 Å². The summed E-state index contributed by atoms with van der Waals surface area (Å²) in [4.78, 5) is 50.1. The van der Waals surface area contributed by atoms with Crippen molar-refractivity contribution in [3.63, 3.8) is 0 Å². The molecule has 1 aromatic rings. The molecular formula is C23H30N4O4. The zero-order valence-electron chi connectivity index (χ0n) is 17.7. The number of carbonyl (C=O) groups is 4. The first-order chi connectivity index (χ1) is 15.0. The quantitative estimate of drug-likeness (QED) is 0.346. The van der Waals surface area contributed by atoms with Crippen molar-refractivity contribution < 1.29 is 19.2 Å². The molecule has 3 N–H and O–H groups in total. The number of fused-ring (bicyclic) bond motifs is 1. The zero-order chi connectivity index (χ0) is 21.8. The molecule has 0 spiro atoms. The van der Waals surface area contributed by atoms with Crippen LogP contribution in [0.4, 0.5) is 0 Å². The van der Waals surface area contributed by atoms with E-state index in [1.807, 2.05) is 6.07 Å². The minimum atomic E-state index is -0.929. The van der Waals surface area contributed by atoms with Gasteiger partial charge in [-0.05, 0) is 37.0 Å². The van der Waals surface area contributed by atoms with Gasteiger partial charge in [0.2, 0.25) is 11.8 Å². The molecule has 2 aliphatic heterocycles. The van der Waals surface area contributed by atoms with Gasteiger partial charge in [0.1, 0.15) is 6.04 Å². The van der Waals surface area contributed by atoms with Gasteiger partial charge in [-0.2, -0.15) is 0 Å². The number of rotatable bonds is 7. The fourth-order valence-corrected chi connectivity index (χ4v) is 4.71. The SMILES string of the molecule is O=C1CCC(N2C(=O)c3ccc(CNCCNC4CCCCCC4)cc3C2=O)C(=O)N1. The van der Waals surface area contributed by atoms with E-state index in [4.69, 9.17) is 0 Å². The fourth-order valence-electron chi connectivity index (χ4n) is 4.71. The first-order valence-electron chi connectivity index (χ1n) is 11.3. The Kier molecular flexibility index (Phi) is 6.77. The summed E-state index contributed by atoms with van der Waals surface area (Å²) in [5, 5.41) is 9.22. The number of hydrogen-bond donors (Lipinski definition) is 3. The third kappa shape index (κ3) is 4.85. The van der Waals surface area contributed by atoms with Gasteiger partial charge < -0.3 is 10.6 Å². The second-order valence-electron chi connectivity index (χ2n) is 8.65. The summed E-state index contributed by atoms with van der Waals surface area (Å²) in [5.74, 6) is -1.90. The molecule has 1 saturated carbocycles. The highest BCUT2D eigenvalue weighted by Gasteiger charge is 2.44. The summed E-state index contributed by atoms with van der Waals surface area (Å²) in [6.45, 7) is 2.32. The molecule has 2 heterocycles. The zero-order valence-corrected chi connectivity index (χ0v) is 17.7. The molecule has 0 radical (unpaired) electrons. The lowest BCUT2D eigenvalue weighted by Crippen LogP contribution is -2.54. The van der Waals surface area contributed by atoms with Crippen LogP contribution in [0.1, 0.15) is 77.6 Å². The molecule has 8 nitrogen and oxygen atoms in total. The Morgan fingerprint density at radius 2 is 1.65 bits per heavy atom. The molecule has 3 aliphatic rings. The van der Waals surface area contributed by atoms with Gasteiger partial charge in [0.25, 0.3) is 11.8 Å². The summed E-state index contributed by atoms with van der Waals surface area (Å²) < 4.78 is 0. The number of amides is 4. The van der Waals surface area contributed by atoms with Crippen LogP contribution in [-0.2, 0) is 16.1 Å². The molecular weight excluding hydrogens is 396 g/mol. The summed E-state index contributed by atoms with van der Waals surface area (Å²) in [7, 11) is 0. The highest BCUT2D eigenvalue weighted by atomic mass is 16.2. The number of imide groups is 2. The summed E-state index contributed by atoms with van der Waals surface area (Å²) in [6.07, 6.45) is 8.10. The van der Waals surface area contributed by atoms with Crippen molar-refractivity contribution in [3.8, 4) is 0 Å². The second kappa shape index (κ2) is 9.70. The van der Waals surface area contributed by atoms with Crippen molar-refractivity contribution in [2.75, 3.05) is 13.1 Å². The fraction of sp³-hybridized carbons (Fsp3) is 0.565. The minimum absolute atomic E-state index is 0.119. The molecule has 166 valence electrons. The summed E-state index contributed by atoms with van der Waals surface area (Å²) in [6, 6.07) is 4.91. The van der Waals surface area contributed by atoms with E-state index >= 15 is 0 Å². The number of piperidine rings is 1. The predicted octanol–water partition coefficient (Wildman–Crippen LogP) is 1.49. The van der Waals surface area contributed by atoms with E-state index in [0.29, 0.717) is 23.7 Å². The average Bonchev–Trinajstić information content (AvgIpc) is 2.93. The Bertz CT molecular complexity index is 876. The standard InChI is InChI=1S/C23H30N4O4/c28-20-10-9-19(21(29)26-20)27-22(30)17-8-7-15(13-18(17)23(27)31)14-24-11-12-25-16-5-3-1-2-4-6-16/h7-8,13,16,19,24-25H,1-6,9-12,14H2,(H,26,28,29).